The Balaban J connectivity index is 1.80. The van der Waals surface area contributed by atoms with Gasteiger partial charge in [0.1, 0.15) is 0 Å². The summed E-state index contributed by atoms with van der Waals surface area (Å²) in [5, 5.41) is 12.0. The van der Waals surface area contributed by atoms with Crippen molar-refractivity contribution in [3.63, 3.8) is 0 Å². The fourth-order valence-corrected chi connectivity index (χ4v) is 3.43. The van der Waals surface area contributed by atoms with Gasteiger partial charge in [-0.3, -0.25) is 0 Å². The molecule has 1 aromatic rings. The third-order valence-electron chi connectivity index (χ3n) is 2.89. The normalized spacial score (nSPS) is 24.1. The van der Waals surface area contributed by atoms with Crippen molar-refractivity contribution in [3.05, 3.63) is 5.89 Å². The minimum atomic E-state index is 0.475. The second kappa shape index (κ2) is 6.50. The molecule has 2 unspecified atom stereocenters. The van der Waals surface area contributed by atoms with Crippen LogP contribution in [0.5, 0.6) is 0 Å². The number of aryl methyl sites for hydroxylation is 1. The Bertz CT molecular complexity index is 347. The van der Waals surface area contributed by atoms with E-state index in [1.807, 2.05) is 11.8 Å². The van der Waals surface area contributed by atoms with Crippen LogP contribution in [0.15, 0.2) is 4.42 Å². The highest BCUT2D eigenvalue weighted by atomic mass is 35.5. The number of halogens is 1. The molecule has 1 heterocycles. The highest BCUT2D eigenvalue weighted by Crippen LogP contribution is 2.31. The van der Waals surface area contributed by atoms with E-state index in [4.69, 9.17) is 16.0 Å². The summed E-state index contributed by atoms with van der Waals surface area (Å²) in [6.45, 7) is 2.21. The summed E-state index contributed by atoms with van der Waals surface area (Å²) in [5.41, 5.74) is 0. The Morgan fingerprint density at radius 1 is 1.47 bits per heavy atom. The van der Waals surface area contributed by atoms with E-state index in [0.29, 0.717) is 30.2 Å². The first kappa shape index (κ1) is 13.0. The third-order valence-corrected chi connectivity index (χ3v) is 4.31. The Hall–Kier alpha value is -0.420. The lowest BCUT2D eigenvalue weighted by Gasteiger charge is -2.10. The van der Waals surface area contributed by atoms with Gasteiger partial charge in [-0.25, -0.2) is 0 Å². The van der Waals surface area contributed by atoms with E-state index in [1.54, 1.807) is 0 Å². The first-order valence-electron chi connectivity index (χ1n) is 6.08. The van der Waals surface area contributed by atoms with Crippen molar-refractivity contribution in [2.75, 3.05) is 16.9 Å². The van der Waals surface area contributed by atoms with E-state index in [0.717, 1.165) is 5.25 Å². The van der Waals surface area contributed by atoms with E-state index >= 15 is 0 Å². The predicted molar refractivity (Wildman–Crippen MR) is 71.9 cm³/mol. The molecule has 0 amide bonds. The molecule has 0 bridgehead atoms. The zero-order valence-corrected chi connectivity index (χ0v) is 11.6. The highest BCUT2D eigenvalue weighted by Gasteiger charge is 2.25. The number of aromatic nitrogens is 2. The summed E-state index contributed by atoms with van der Waals surface area (Å²) in [6, 6.07) is 1.01. The number of hydrogen-bond acceptors (Lipinski definition) is 5. The van der Waals surface area contributed by atoms with Crippen molar-refractivity contribution in [2.45, 2.75) is 43.9 Å². The van der Waals surface area contributed by atoms with Crippen molar-refractivity contribution >= 4 is 29.4 Å². The second-order valence-corrected chi connectivity index (χ2v) is 6.13. The molecular formula is C11H18ClN3OS. The maximum atomic E-state index is 5.62. The number of nitrogens with one attached hydrogen (secondary N) is 1. The van der Waals surface area contributed by atoms with Gasteiger partial charge in [0.25, 0.3) is 0 Å². The molecule has 1 fully saturated rings. The second-order valence-electron chi connectivity index (χ2n) is 4.17. The molecule has 1 N–H and O–H groups in total. The van der Waals surface area contributed by atoms with Gasteiger partial charge in [0.2, 0.25) is 5.89 Å². The molecule has 1 saturated carbocycles. The first-order chi connectivity index (χ1) is 8.31. The predicted octanol–water partition coefficient (Wildman–Crippen LogP) is 2.94. The zero-order valence-electron chi connectivity index (χ0n) is 9.99. The molecule has 1 aromatic heterocycles. The van der Waals surface area contributed by atoms with Crippen LogP contribution in [0.3, 0.4) is 0 Å². The Morgan fingerprint density at radius 3 is 3.12 bits per heavy atom. The van der Waals surface area contributed by atoms with Gasteiger partial charge >= 0.3 is 6.01 Å². The average Bonchev–Trinajstić information content (AvgIpc) is 2.91. The summed E-state index contributed by atoms with van der Waals surface area (Å²) in [7, 11) is 0. The van der Waals surface area contributed by atoms with E-state index in [9.17, 15) is 0 Å². The van der Waals surface area contributed by atoms with Crippen LogP contribution in [0.2, 0.25) is 0 Å². The number of anilines is 1. The maximum Gasteiger partial charge on any atom is 0.315 e. The molecule has 0 radical (unpaired) electrons. The fraction of sp³-hybridized carbons (Fsp3) is 0.818. The highest BCUT2D eigenvalue weighted by molar-refractivity contribution is 7.99. The van der Waals surface area contributed by atoms with Crippen LogP contribution in [0, 0.1) is 0 Å². The standard InChI is InChI=1S/C11H18ClN3OS/c1-2-17-9-4-3-8(7-9)13-11-15-14-10(16-11)5-6-12/h8-9H,2-7H2,1H3,(H,13,15). The molecule has 1 aliphatic rings. The van der Waals surface area contributed by atoms with E-state index in [2.05, 4.69) is 22.4 Å². The molecule has 2 rings (SSSR count). The van der Waals surface area contributed by atoms with Gasteiger partial charge < -0.3 is 9.73 Å². The summed E-state index contributed by atoms with van der Waals surface area (Å²) in [5.74, 6) is 2.32. The van der Waals surface area contributed by atoms with E-state index in [1.165, 1.54) is 25.0 Å². The largest absolute Gasteiger partial charge is 0.408 e. The number of rotatable bonds is 6. The van der Waals surface area contributed by atoms with Gasteiger partial charge in [0.05, 0.1) is 0 Å². The molecular weight excluding hydrogens is 258 g/mol. The van der Waals surface area contributed by atoms with Crippen LogP contribution in [0.1, 0.15) is 32.1 Å². The lowest BCUT2D eigenvalue weighted by Crippen LogP contribution is -2.16. The maximum absolute atomic E-state index is 5.62. The van der Waals surface area contributed by atoms with Crippen molar-refractivity contribution in [2.24, 2.45) is 0 Å². The summed E-state index contributed by atoms with van der Waals surface area (Å²) >= 11 is 7.66. The molecule has 17 heavy (non-hydrogen) atoms. The van der Waals surface area contributed by atoms with Crippen molar-refractivity contribution < 1.29 is 4.42 Å². The minimum Gasteiger partial charge on any atom is -0.408 e. The monoisotopic (exact) mass is 275 g/mol. The molecule has 1 aliphatic carbocycles. The SMILES string of the molecule is CCSC1CCC(Nc2nnc(CCCl)o2)C1. The van der Waals surface area contributed by atoms with E-state index in [-0.39, 0.29) is 0 Å². The summed E-state index contributed by atoms with van der Waals surface area (Å²) in [6.07, 6.45) is 4.28. The molecule has 6 heteroatoms. The quantitative estimate of drug-likeness (QED) is 0.809. The van der Waals surface area contributed by atoms with E-state index < -0.39 is 0 Å². The smallest absolute Gasteiger partial charge is 0.315 e. The number of alkyl halides is 1. The van der Waals surface area contributed by atoms with Crippen LogP contribution in [0.25, 0.3) is 0 Å². The molecule has 2 atom stereocenters. The first-order valence-corrected chi connectivity index (χ1v) is 7.66. The lowest BCUT2D eigenvalue weighted by atomic mass is 10.3. The molecule has 0 spiro atoms. The molecule has 96 valence electrons. The van der Waals surface area contributed by atoms with Crippen molar-refractivity contribution in [3.8, 4) is 0 Å². The molecule has 0 aromatic carbocycles. The fourth-order valence-electron chi connectivity index (χ4n) is 2.13. The zero-order chi connectivity index (χ0) is 12.1. The summed E-state index contributed by atoms with van der Waals surface area (Å²) in [4.78, 5) is 0. The van der Waals surface area contributed by atoms with Crippen LogP contribution in [-0.2, 0) is 6.42 Å². The minimum absolute atomic E-state index is 0.475. The topological polar surface area (TPSA) is 51.0 Å². The van der Waals surface area contributed by atoms with Crippen LogP contribution in [0.4, 0.5) is 6.01 Å². The molecule has 4 nitrogen and oxygen atoms in total. The van der Waals surface area contributed by atoms with Crippen LogP contribution >= 0.6 is 23.4 Å². The van der Waals surface area contributed by atoms with Crippen LogP contribution < -0.4 is 5.32 Å². The Labute approximate surface area is 111 Å². The van der Waals surface area contributed by atoms with Crippen molar-refractivity contribution in [1.29, 1.82) is 0 Å². The molecule has 0 saturated heterocycles. The summed E-state index contributed by atoms with van der Waals surface area (Å²) < 4.78 is 5.46. The number of hydrogen-bond donors (Lipinski definition) is 1. The Morgan fingerprint density at radius 2 is 2.35 bits per heavy atom. The van der Waals surface area contributed by atoms with Gasteiger partial charge in [0.15, 0.2) is 0 Å². The number of thioether (sulfide) groups is 1. The van der Waals surface area contributed by atoms with Gasteiger partial charge in [-0.1, -0.05) is 12.0 Å². The average molecular weight is 276 g/mol. The van der Waals surface area contributed by atoms with Gasteiger partial charge in [0, 0.05) is 23.6 Å². The molecule has 0 aliphatic heterocycles. The lowest BCUT2D eigenvalue weighted by molar-refractivity contribution is 0.505. The van der Waals surface area contributed by atoms with Crippen LogP contribution in [-0.4, -0.2) is 33.1 Å². The number of nitrogens with zero attached hydrogens (tertiary/aromatic N) is 2. The Kier molecular flexibility index (Phi) is 4.98. The van der Waals surface area contributed by atoms with Crippen molar-refractivity contribution in [1.82, 2.24) is 10.2 Å². The third kappa shape index (κ3) is 3.78. The van der Waals surface area contributed by atoms with Gasteiger partial charge in [-0.05, 0) is 25.0 Å². The van der Waals surface area contributed by atoms with Gasteiger partial charge in [-0.15, -0.1) is 16.7 Å². The van der Waals surface area contributed by atoms with Gasteiger partial charge in [-0.2, -0.15) is 11.8 Å².